The van der Waals surface area contributed by atoms with Crippen LogP contribution in [0.5, 0.6) is 0 Å². The van der Waals surface area contributed by atoms with E-state index >= 15 is 0 Å². The van der Waals surface area contributed by atoms with Gasteiger partial charge < -0.3 is 20.0 Å². The van der Waals surface area contributed by atoms with Gasteiger partial charge in [0.05, 0.1) is 11.0 Å². The summed E-state index contributed by atoms with van der Waals surface area (Å²) in [7, 11) is 1.70. The van der Waals surface area contributed by atoms with Crippen LogP contribution in [0.3, 0.4) is 0 Å². The van der Waals surface area contributed by atoms with E-state index in [9.17, 15) is 19.5 Å². The first-order chi connectivity index (χ1) is 15.3. The van der Waals surface area contributed by atoms with Crippen LogP contribution < -0.4 is 10.9 Å². The number of amides is 1. The number of aryl methyl sites for hydroxylation is 3. The lowest BCUT2D eigenvalue weighted by molar-refractivity contribution is -0.141. The summed E-state index contributed by atoms with van der Waals surface area (Å²) >= 11 is 0. The first kappa shape index (κ1) is 21.3. The zero-order chi connectivity index (χ0) is 22.8. The van der Waals surface area contributed by atoms with Crippen LogP contribution >= 0.6 is 0 Å². The normalized spacial score (nSPS) is 12.2. The molecule has 0 aliphatic rings. The summed E-state index contributed by atoms with van der Waals surface area (Å²) in [6.45, 7) is 1.67. The van der Waals surface area contributed by atoms with Gasteiger partial charge in [-0.15, -0.1) is 0 Å². The molecule has 1 amide bonds. The van der Waals surface area contributed by atoms with E-state index in [0.717, 1.165) is 27.5 Å². The molecule has 0 aliphatic heterocycles. The summed E-state index contributed by atoms with van der Waals surface area (Å²) in [5.74, 6) is -1.41. The van der Waals surface area contributed by atoms with E-state index in [0.29, 0.717) is 17.6 Å². The Morgan fingerprint density at radius 2 is 2.00 bits per heavy atom. The molecule has 2 aromatic carbocycles. The smallest absolute Gasteiger partial charge is 0.326 e. The van der Waals surface area contributed by atoms with Crippen LogP contribution in [0.1, 0.15) is 23.2 Å². The van der Waals surface area contributed by atoms with E-state index in [-0.39, 0.29) is 24.3 Å². The lowest BCUT2D eigenvalue weighted by Gasteiger charge is -2.14. The summed E-state index contributed by atoms with van der Waals surface area (Å²) in [5.41, 5.74) is 4.34. The number of fused-ring (bicyclic) bond motifs is 2. The Hall–Kier alpha value is -3.94. The number of H-pyrrole nitrogens is 1. The maximum absolute atomic E-state index is 12.5. The molecule has 2 aromatic heterocycles. The lowest BCUT2D eigenvalue weighted by atomic mass is 10.0. The first-order valence-electron chi connectivity index (χ1n) is 10.4. The molecule has 0 bridgehead atoms. The predicted octanol–water partition coefficient (Wildman–Crippen LogP) is 2.47. The minimum Gasteiger partial charge on any atom is -0.480 e. The minimum absolute atomic E-state index is 0.139. The van der Waals surface area contributed by atoms with Crippen molar-refractivity contribution in [1.82, 2.24) is 19.9 Å². The second-order valence-corrected chi connectivity index (χ2v) is 7.91. The second kappa shape index (κ2) is 8.66. The van der Waals surface area contributed by atoms with Gasteiger partial charge in [0.2, 0.25) is 5.91 Å². The summed E-state index contributed by atoms with van der Waals surface area (Å²) in [5, 5.41) is 13.2. The third-order valence-corrected chi connectivity index (χ3v) is 5.68. The summed E-state index contributed by atoms with van der Waals surface area (Å²) in [4.78, 5) is 43.7. The molecule has 3 N–H and O–H groups in total. The molecule has 164 valence electrons. The molecule has 2 heterocycles. The number of aromatic amines is 1. The number of nitrogens with zero attached hydrogens (tertiary/aromatic N) is 2. The number of carbonyl (C=O) groups is 2. The zero-order valence-corrected chi connectivity index (χ0v) is 17.9. The Balaban J connectivity index is 1.43. The molecule has 8 nitrogen and oxygen atoms in total. The Morgan fingerprint density at radius 3 is 2.78 bits per heavy atom. The highest BCUT2D eigenvalue weighted by molar-refractivity contribution is 5.87. The number of carbonyl (C=O) groups excluding carboxylic acids is 1. The SMILES string of the molecule is Cc1nc2cc(CCC(=O)N[C@H](Cc3c[nH]c4ccccc34)C(=O)O)ccc2n(C)c1=O. The molecule has 32 heavy (non-hydrogen) atoms. The Morgan fingerprint density at radius 1 is 1.22 bits per heavy atom. The van der Waals surface area contributed by atoms with Crippen molar-refractivity contribution in [1.29, 1.82) is 0 Å². The van der Waals surface area contributed by atoms with Gasteiger partial charge in [0.25, 0.3) is 5.56 Å². The molecule has 0 unspecified atom stereocenters. The monoisotopic (exact) mass is 432 g/mol. The summed E-state index contributed by atoms with van der Waals surface area (Å²) in [6.07, 6.45) is 2.56. The maximum atomic E-state index is 12.5. The fourth-order valence-corrected chi connectivity index (χ4v) is 3.92. The van der Waals surface area contributed by atoms with Crippen LogP contribution in [0.15, 0.2) is 53.5 Å². The number of para-hydroxylation sites is 1. The topological polar surface area (TPSA) is 117 Å². The average molecular weight is 432 g/mol. The number of aromatic nitrogens is 3. The molecular formula is C24H24N4O4. The summed E-state index contributed by atoms with van der Waals surface area (Å²) in [6, 6.07) is 12.2. The maximum Gasteiger partial charge on any atom is 0.326 e. The lowest BCUT2D eigenvalue weighted by Crippen LogP contribution is -2.42. The molecule has 8 heteroatoms. The molecule has 0 aliphatic carbocycles. The van der Waals surface area contributed by atoms with Gasteiger partial charge in [-0.2, -0.15) is 0 Å². The van der Waals surface area contributed by atoms with E-state index in [1.807, 2.05) is 42.5 Å². The largest absolute Gasteiger partial charge is 0.480 e. The van der Waals surface area contributed by atoms with Crippen LogP contribution in [-0.2, 0) is 29.5 Å². The number of carboxylic acid groups (broad SMARTS) is 1. The molecule has 0 saturated carbocycles. The van der Waals surface area contributed by atoms with E-state index < -0.39 is 12.0 Å². The van der Waals surface area contributed by atoms with Crippen molar-refractivity contribution in [3.8, 4) is 0 Å². The highest BCUT2D eigenvalue weighted by Crippen LogP contribution is 2.19. The molecule has 1 atom stereocenters. The fourth-order valence-electron chi connectivity index (χ4n) is 3.92. The highest BCUT2D eigenvalue weighted by Gasteiger charge is 2.21. The quantitative estimate of drug-likeness (QED) is 0.415. The van der Waals surface area contributed by atoms with Crippen LogP contribution in [0.4, 0.5) is 0 Å². The van der Waals surface area contributed by atoms with Crippen LogP contribution in [-0.4, -0.2) is 37.6 Å². The van der Waals surface area contributed by atoms with Crippen LogP contribution in [0.2, 0.25) is 0 Å². The number of carboxylic acids is 1. The molecule has 0 saturated heterocycles. The molecule has 0 spiro atoms. The van der Waals surface area contributed by atoms with Gasteiger partial charge in [-0.1, -0.05) is 24.3 Å². The van der Waals surface area contributed by atoms with Gasteiger partial charge in [0, 0.05) is 37.0 Å². The average Bonchev–Trinajstić information content (AvgIpc) is 3.18. The van der Waals surface area contributed by atoms with Gasteiger partial charge in [0.1, 0.15) is 11.7 Å². The molecular weight excluding hydrogens is 408 g/mol. The van der Waals surface area contributed by atoms with Crippen molar-refractivity contribution in [3.05, 3.63) is 75.8 Å². The Bertz CT molecular complexity index is 1390. The third kappa shape index (κ3) is 4.25. The van der Waals surface area contributed by atoms with Crippen LogP contribution in [0, 0.1) is 6.92 Å². The number of hydrogen-bond acceptors (Lipinski definition) is 4. The van der Waals surface area contributed by atoms with E-state index in [4.69, 9.17) is 0 Å². The molecule has 0 radical (unpaired) electrons. The van der Waals surface area contributed by atoms with Gasteiger partial charge in [-0.3, -0.25) is 9.59 Å². The Labute approximate surface area is 183 Å². The van der Waals surface area contributed by atoms with E-state index in [2.05, 4.69) is 15.3 Å². The van der Waals surface area contributed by atoms with Gasteiger partial charge in [-0.05, 0) is 42.7 Å². The van der Waals surface area contributed by atoms with Crippen molar-refractivity contribution in [2.45, 2.75) is 32.2 Å². The molecule has 4 aromatic rings. The number of benzene rings is 2. The number of nitrogens with one attached hydrogen (secondary N) is 2. The Kier molecular flexibility index (Phi) is 5.77. The number of aliphatic carboxylic acids is 1. The molecule has 0 fully saturated rings. The van der Waals surface area contributed by atoms with Gasteiger partial charge >= 0.3 is 5.97 Å². The number of hydrogen-bond donors (Lipinski definition) is 3. The zero-order valence-electron chi connectivity index (χ0n) is 17.9. The van der Waals surface area contributed by atoms with Crippen molar-refractivity contribution >= 4 is 33.8 Å². The van der Waals surface area contributed by atoms with Crippen LogP contribution in [0.25, 0.3) is 21.9 Å². The highest BCUT2D eigenvalue weighted by atomic mass is 16.4. The fraction of sp³-hybridized carbons (Fsp3) is 0.250. The van der Waals surface area contributed by atoms with Crippen molar-refractivity contribution < 1.29 is 14.7 Å². The van der Waals surface area contributed by atoms with E-state index in [1.165, 1.54) is 0 Å². The van der Waals surface area contributed by atoms with Crippen molar-refractivity contribution in [2.75, 3.05) is 0 Å². The third-order valence-electron chi connectivity index (χ3n) is 5.68. The summed E-state index contributed by atoms with van der Waals surface area (Å²) < 4.78 is 1.55. The predicted molar refractivity (Wildman–Crippen MR) is 122 cm³/mol. The second-order valence-electron chi connectivity index (χ2n) is 7.91. The first-order valence-corrected chi connectivity index (χ1v) is 10.4. The van der Waals surface area contributed by atoms with Gasteiger partial charge in [-0.25, -0.2) is 9.78 Å². The van der Waals surface area contributed by atoms with E-state index in [1.54, 1.807) is 24.7 Å². The number of rotatable bonds is 7. The van der Waals surface area contributed by atoms with Crippen molar-refractivity contribution in [3.63, 3.8) is 0 Å². The van der Waals surface area contributed by atoms with Gasteiger partial charge in [0.15, 0.2) is 0 Å². The van der Waals surface area contributed by atoms with Crippen molar-refractivity contribution in [2.24, 2.45) is 7.05 Å². The molecule has 4 rings (SSSR count). The minimum atomic E-state index is -1.07. The standard InChI is InChI=1S/C24H24N4O4/c1-14-23(30)28(2)21-9-7-15(11-19(21)26-14)8-10-22(29)27-20(24(31)32)12-16-13-25-18-6-4-3-5-17(16)18/h3-7,9,11,13,20,25H,8,10,12H2,1-2H3,(H,27,29)(H,31,32)/t20-/m1/s1.